The zero-order chi connectivity index (χ0) is 13.9. The molecule has 1 heterocycles. The van der Waals surface area contributed by atoms with E-state index in [0.29, 0.717) is 17.9 Å². The summed E-state index contributed by atoms with van der Waals surface area (Å²) in [5, 5.41) is 7.05. The Morgan fingerprint density at radius 3 is 2.45 bits per heavy atom. The SMILES string of the molecule is NCC1CCC(c2n[nH]c(=O)n2C2CCCCC2)CC1. The number of hydrogen-bond donors (Lipinski definition) is 2. The molecule has 1 aromatic rings. The Hall–Kier alpha value is -1.10. The molecule has 1 aromatic heterocycles. The van der Waals surface area contributed by atoms with Crippen molar-refractivity contribution in [2.24, 2.45) is 11.7 Å². The highest BCUT2D eigenvalue weighted by Crippen LogP contribution is 2.36. The zero-order valence-electron chi connectivity index (χ0n) is 12.2. The van der Waals surface area contributed by atoms with Crippen molar-refractivity contribution in [1.82, 2.24) is 14.8 Å². The van der Waals surface area contributed by atoms with Gasteiger partial charge in [0.2, 0.25) is 0 Å². The Morgan fingerprint density at radius 2 is 1.80 bits per heavy atom. The minimum atomic E-state index is -0.00662. The fourth-order valence-corrected chi connectivity index (χ4v) is 3.95. The molecule has 2 aliphatic rings. The summed E-state index contributed by atoms with van der Waals surface area (Å²) in [7, 11) is 0. The molecular formula is C15H26N4O. The van der Waals surface area contributed by atoms with Crippen molar-refractivity contribution in [3.05, 3.63) is 16.3 Å². The topological polar surface area (TPSA) is 76.7 Å². The van der Waals surface area contributed by atoms with Crippen molar-refractivity contribution in [3.63, 3.8) is 0 Å². The summed E-state index contributed by atoms with van der Waals surface area (Å²) in [6.45, 7) is 0.794. The Labute approximate surface area is 119 Å². The zero-order valence-corrected chi connectivity index (χ0v) is 12.2. The van der Waals surface area contributed by atoms with E-state index in [-0.39, 0.29) is 5.69 Å². The molecule has 0 radical (unpaired) electrons. The second kappa shape index (κ2) is 6.12. The highest BCUT2D eigenvalue weighted by Gasteiger charge is 2.29. The summed E-state index contributed by atoms with van der Waals surface area (Å²) in [5.41, 5.74) is 5.75. The summed E-state index contributed by atoms with van der Waals surface area (Å²) >= 11 is 0. The summed E-state index contributed by atoms with van der Waals surface area (Å²) in [6.07, 6.45) is 10.6. The lowest BCUT2D eigenvalue weighted by Crippen LogP contribution is -2.28. The third-order valence-corrected chi connectivity index (χ3v) is 5.22. The van der Waals surface area contributed by atoms with Crippen LogP contribution in [0.2, 0.25) is 0 Å². The van der Waals surface area contributed by atoms with Crippen LogP contribution in [0, 0.1) is 5.92 Å². The smallest absolute Gasteiger partial charge is 0.330 e. The monoisotopic (exact) mass is 278 g/mol. The van der Waals surface area contributed by atoms with Crippen LogP contribution in [0.25, 0.3) is 0 Å². The number of nitrogens with one attached hydrogen (secondary N) is 1. The molecule has 2 aliphatic carbocycles. The van der Waals surface area contributed by atoms with E-state index in [1.807, 2.05) is 4.57 Å². The lowest BCUT2D eigenvalue weighted by atomic mass is 9.81. The fourth-order valence-electron chi connectivity index (χ4n) is 3.95. The predicted molar refractivity (Wildman–Crippen MR) is 78.7 cm³/mol. The van der Waals surface area contributed by atoms with E-state index in [2.05, 4.69) is 10.2 Å². The van der Waals surface area contributed by atoms with Crippen LogP contribution in [0.3, 0.4) is 0 Å². The standard InChI is InChI=1S/C15H26N4O/c16-10-11-6-8-12(9-7-11)14-17-18-15(20)19(14)13-4-2-1-3-5-13/h11-13H,1-10,16H2,(H,18,20). The first kappa shape index (κ1) is 13.9. The minimum absolute atomic E-state index is 0.00662. The van der Waals surface area contributed by atoms with Gasteiger partial charge in [0.25, 0.3) is 0 Å². The van der Waals surface area contributed by atoms with Crippen molar-refractivity contribution < 1.29 is 0 Å². The van der Waals surface area contributed by atoms with Gasteiger partial charge >= 0.3 is 5.69 Å². The third kappa shape index (κ3) is 2.68. The molecule has 112 valence electrons. The van der Waals surface area contributed by atoms with Crippen molar-refractivity contribution in [1.29, 1.82) is 0 Å². The number of aromatic amines is 1. The van der Waals surface area contributed by atoms with E-state index in [4.69, 9.17) is 5.73 Å². The molecule has 0 saturated heterocycles. The fraction of sp³-hybridized carbons (Fsp3) is 0.867. The number of H-pyrrole nitrogens is 1. The first-order chi connectivity index (χ1) is 9.79. The molecule has 2 fully saturated rings. The van der Waals surface area contributed by atoms with E-state index >= 15 is 0 Å². The van der Waals surface area contributed by atoms with Gasteiger partial charge in [-0.2, -0.15) is 5.10 Å². The Balaban J connectivity index is 1.78. The van der Waals surface area contributed by atoms with Gasteiger partial charge in [-0.1, -0.05) is 19.3 Å². The Bertz CT molecular complexity index is 478. The molecular weight excluding hydrogens is 252 g/mol. The lowest BCUT2D eigenvalue weighted by molar-refractivity contribution is 0.295. The Kier molecular flexibility index (Phi) is 4.24. The van der Waals surface area contributed by atoms with Crippen LogP contribution in [0.1, 0.15) is 75.6 Å². The van der Waals surface area contributed by atoms with Crippen molar-refractivity contribution in [2.75, 3.05) is 6.54 Å². The molecule has 0 spiro atoms. The highest BCUT2D eigenvalue weighted by atomic mass is 16.1. The second-order valence-electron chi connectivity index (χ2n) is 6.50. The molecule has 5 nitrogen and oxygen atoms in total. The molecule has 3 rings (SSSR count). The van der Waals surface area contributed by atoms with E-state index in [1.165, 1.54) is 32.1 Å². The summed E-state index contributed by atoms with van der Waals surface area (Å²) in [6, 6.07) is 0.372. The maximum Gasteiger partial charge on any atom is 0.343 e. The number of aromatic nitrogens is 3. The number of nitrogens with zero attached hydrogens (tertiary/aromatic N) is 2. The van der Waals surface area contributed by atoms with Gasteiger partial charge in [-0.25, -0.2) is 9.89 Å². The Morgan fingerprint density at radius 1 is 1.10 bits per heavy atom. The molecule has 0 bridgehead atoms. The van der Waals surface area contributed by atoms with E-state index in [1.54, 1.807) is 0 Å². The molecule has 20 heavy (non-hydrogen) atoms. The van der Waals surface area contributed by atoms with Crippen LogP contribution in [0.5, 0.6) is 0 Å². The molecule has 0 amide bonds. The van der Waals surface area contributed by atoms with Crippen LogP contribution in [0.4, 0.5) is 0 Å². The molecule has 0 atom stereocenters. The van der Waals surface area contributed by atoms with Gasteiger partial charge in [0.05, 0.1) is 0 Å². The average Bonchev–Trinajstić information content (AvgIpc) is 2.90. The lowest BCUT2D eigenvalue weighted by Gasteiger charge is -2.29. The second-order valence-corrected chi connectivity index (χ2v) is 6.50. The van der Waals surface area contributed by atoms with E-state index < -0.39 is 0 Å². The van der Waals surface area contributed by atoms with E-state index in [0.717, 1.165) is 38.1 Å². The minimum Gasteiger partial charge on any atom is -0.330 e. The number of hydrogen-bond acceptors (Lipinski definition) is 3. The van der Waals surface area contributed by atoms with Gasteiger partial charge in [0.1, 0.15) is 5.82 Å². The first-order valence-corrected chi connectivity index (χ1v) is 8.16. The van der Waals surface area contributed by atoms with Gasteiger partial charge in [-0.3, -0.25) is 4.57 Å². The third-order valence-electron chi connectivity index (χ3n) is 5.22. The van der Waals surface area contributed by atoms with Gasteiger partial charge in [-0.05, 0) is 51.0 Å². The van der Waals surface area contributed by atoms with Crippen molar-refractivity contribution in [2.45, 2.75) is 69.7 Å². The van der Waals surface area contributed by atoms with E-state index in [9.17, 15) is 4.79 Å². The summed E-state index contributed by atoms with van der Waals surface area (Å²) < 4.78 is 1.98. The van der Waals surface area contributed by atoms with Gasteiger partial charge in [0.15, 0.2) is 0 Å². The molecule has 3 N–H and O–H groups in total. The molecule has 0 aromatic carbocycles. The first-order valence-electron chi connectivity index (χ1n) is 8.16. The van der Waals surface area contributed by atoms with Gasteiger partial charge in [0, 0.05) is 12.0 Å². The normalized spacial score (nSPS) is 28.6. The average molecular weight is 278 g/mol. The molecule has 5 heteroatoms. The molecule has 2 saturated carbocycles. The van der Waals surface area contributed by atoms with Crippen LogP contribution in [0.15, 0.2) is 4.79 Å². The maximum atomic E-state index is 12.1. The quantitative estimate of drug-likeness (QED) is 0.890. The highest BCUT2D eigenvalue weighted by molar-refractivity contribution is 5.01. The van der Waals surface area contributed by atoms with Crippen LogP contribution in [-0.4, -0.2) is 21.3 Å². The van der Waals surface area contributed by atoms with Gasteiger partial charge in [-0.15, -0.1) is 0 Å². The van der Waals surface area contributed by atoms with Crippen molar-refractivity contribution in [3.8, 4) is 0 Å². The van der Waals surface area contributed by atoms with Gasteiger partial charge < -0.3 is 5.73 Å². The van der Waals surface area contributed by atoms with Crippen LogP contribution in [-0.2, 0) is 0 Å². The van der Waals surface area contributed by atoms with Crippen LogP contribution < -0.4 is 11.4 Å². The molecule has 0 aliphatic heterocycles. The summed E-state index contributed by atoms with van der Waals surface area (Å²) in [5.74, 6) is 2.12. The van der Waals surface area contributed by atoms with Crippen LogP contribution >= 0.6 is 0 Å². The number of rotatable bonds is 3. The number of nitrogens with two attached hydrogens (primary N) is 1. The molecule has 0 unspecified atom stereocenters. The van der Waals surface area contributed by atoms with Crippen molar-refractivity contribution >= 4 is 0 Å². The predicted octanol–water partition coefficient (Wildman–Crippen LogP) is 2.31. The maximum absolute atomic E-state index is 12.1. The summed E-state index contributed by atoms with van der Waals surface area (Å²) in [4.78, 5) is 12.1. The largest absolute Gasteiger partial charge is 0.343 e.